The maximum Gasteiger partial charge on any atom is 0.335 e. The van der Waals surface area contributed by atoms with Gasteiger partial charge in [0, 0.05) is 35.3 Å². The molecule has 2 atom stereocenters. The van der Waals surface area contributed by atoms with Gasteiger partial charge in [0.15, 0.2) is 0 Å². The van der Waals surface area contributed by atoms with E-state index in [0.717, 1.165) is 27.8 Å². The number of hydrogen-bond donors (Lipinski definition) is 6. The number of aliphatic hydroxyl groups excluding tert-OH is 2. The number of hydrogen-bond acceptors (Lipinski definition) is 6. The largest absolute Gasteiger partial charge is 0.478 e. The summed E-state index contributed by atoms with van der Waals surface area (Å²) >= 11 is 0. The lowest BCUT2D eigenvalue weighted by Gasteiger charge is -2.14. The molecule has 0 aliphatic carbocycles. The van der Waals surface area contributed by atoms with Crippen molar-refractivity contribution in [2.45, 2.75) is 53.6 Å². The van der Waals surface area contributed by atoms with E-state index in [1.807, 2.05) is 76.2 Å². The van der Waals surface area contributed by atoms with E-state index in [1.54, 1.807) is 44.2 Å². The van der Waals surface area contributed by atoms with Gasteiger partial charge in [-0.05, 0) is 92.3 Å². The van der Waals surface area contributed by atoms with Crippen LogP contribution in [-0.2, 0) is 0 Å². The standard InChI is InChI=1S/C22H28N2O3.C18H19NO4/c1-14(2)12-23-21(26)19-9-18(17-7-5-15(3)6-8-17)10-20(11-19)22(27)24-16(4)13-25;1-11-3-5-13(6-4-11)14-7-15(9-16(8-14)18(22)23)17(21)19-12(2)10-20/h5-11,14,16,25H,12-13H2,1-4H3,(H,23,26)(H,24,27);3-9,12,20H,10H2,1-2H3,(H,19,21)(H,22,23)/t16-;12-/m00/s1. The summed E-state index contributed by atoms with van der Waals surface area (Å²) in [5.74, 6) is -1.70. The minimum Gasteiger partial charge on any atom is -0.478 e. The number of carboxylic acid groups (broad SMARTS) is 1. The fraction of sp³-hybridized carbons (Fsp3) is 0.300. The van der Waals surface area contributed by atoms with E-state index in [1.165, 1.54) is 6.07 Å². The fourth-order valence-corrected chi connectivity index (χ4v) is 4.70. The number of benzene rings is 4. The van der Waals surface area contributed by atoms with Gasteiger partial charge in [0.05, 0.1) is 18.8 Å². The van der Waals surface area contributed by atoms with Crippen LogP contribution in [0.1, 0.15) is 80.3 Å². The van der Waals surface area contributed by atoms with Crippen LogP contribution in [0.5, 0.6) is 0 Å². The normalized spacial score (nSPS) is 11.9. The predicted octanol–water partition coefficient (Wildman–Crippen LogP) is 5.63. The van der Waals surface area contributed by atoms with Crippen molar-refractivity contribution in [2.75, 3.05) is 19.8 Å². The Labute approximate surface area is 293 Å². The van der Waals surface area contributed by atoms with E-state index in [0.29, 0.717) is 29.2 Å². The molecule has 6 N–H and O–H groups in total. The Morgan fingerprint density at radius 1 is 0.540 bits per heavy atom. The highest BCUT2D eigenvalue weighted by atomic mass is 16.4. The number of amides is 3. The minimum atomic E-state index is -1.09. The van der Waals surface area contributed by atoms with E-state index in [4.69, 9.17) is 5.11 Å². The molecule has 0 saturated carbocycles. The van der Waals surface area contributed by atoms with Crippen molar-refractivity contribution in [3.05, 3.63) is 118 Å². The van der Waals surface area contributed by atoms with Crippen LogP contribution in [0.15, 0.2) is 84.9 Å². The molecule has 264 valence electrons. The molecule has 0 aromatic heterocycles. The van der Waals surface area contributed by atoms with Crippen LogP contribution >= 0.6 is 0 Å². The van der Waals surface area contributed by atoms with E-state index in [9.17, 15) is 29.4 Å². The smallest absolute Gasteiger partial charge is 0.335 e. The Morgan fingerprint density at radius 3 is 1.26 bits per heavy atom. The Kier molecular flexibility index (Phi) is 14.4. The second-order valence-corrected chi connectivity index (χ2v) is 12.9. The highest BCUT2D eigenvalue weighted by Gasteiger charge is 2.17. The second-order valence-electron chi connectivity index (χ2n) is 12.9. The van der Waals surface area contributed by atoms with E-state index >= 15 is 0 Å². The number of carbonyl (C=O) groups excluding carboxylic acids is 3. The average molecular weight is 682 g/mol. The van der Waals surface area contributed by atoms with E-state index in [2.05, 4.69) is 16.0 Å². The molecule has 3 amide bonds. The third-order valence-electron chi connectivity index (χ3n) is 7.64. The van der Waals surface area contributed by atoms with Crippen LogP contribution in [0, 0.1) is 19.8 Å². The molecule has 4 rings (SSSR count). The van der Waals surface area contributed by atoms with Gasteiger partial charge in [-0.1, -0.05) is 73.5 Å². The highest BCUT2D eigenvalue weighted by molar-refractivity contribution is 6.02. The van der Waals surface area contributed by atoms with Gasteiger partial charge < -0.3 is 31.3 Å². The summed E-state index contributed by atoms with van der Waals surface area (Å²) in [6, 6.07) is 24.5. The van der Waals surface area contributed by atoms with Crippen LogP contribution < -0.4 is 16.0 Å². The molecule has 10 heteroatoms. The predicted molar refractivity (Wildman–Crippen MR) is 195 cm³/mol. The maximum absolute atomic E-state index is 12.6. The molecule has 0 heterocycles. The number of carboxylic acids is 1. The SMILES string of the molecule is Cc1ccc(-c2cc(C(=O)NCC(C)C)cc(C(=O)N[C@@H](C)CO)c2)cc1.Cc1ccc(-c2cc(C(=O)O)cc(C(=O)N[C@@H](C)CO)c2)cc1. The summed E-state index contributed by atoms with van der Waals surface area (Å²) in [4.78, 5) is 48.6. The second kappa shape index (κ2) is 18.4. The van der Waals surface area contributed by atoms with Gasteiger partial charge >= 0.3 is 5.97 Å². The summed E-state index contributed by atoms with van der Waals surface area (Å²) in [6.45, 7) is 11.6. The minimum absolute atomic E-state index is 0.0462. The average Bonchev–Trinajstić information content (AvgIpc) is 3.10. The molecule has 4 aromatic carbocycles. The number of rotatable bonds is 12. The Balaban J connectivity index is 0.000000274. The molecule has 0 unspecified atom stereocenters. The first-order valence-electron chi connectivity index (χ1n) is 16.5. The molecular weight excluding hydrogens is 634 g/mol. The Morgan fingerprint density at radius 2 is 0.900 bits per heavy atom. The van der Waals surface area contributed by atoms with Gasteiger partial charge in [-0.2, -0.15) is 0 Å². The van der Waals surface area contributed by atoms with Crippen LogP contribution in [0.25, 0.3) is 22.3 Å². The monoisotopic (exact) mass is 681 g/mol. The third-order valence-corrected chi connectivity index (χ3v) is 7.64. The van der Waals surface area contributed by atoms with Crippen molar-refractivity contribution < 1.29 is 34.5 Å². The van der Waals surface area contributed by atoms with Crippen molar-refractivity contribution in [3.8, 4) is 22.3 Å². The molecule has 0 spiro atoms. The number of nitrogens with one attached hydrogen (secondary N) is 3. The first-order valence-corrected chi connectivity index (χ1v) is 16.5. The first kappa shape index (κ1) is 39.1. The fourth-order valence-electron chi connectivity index (χ4n) is 4.70. The third kappa shape index (κ3) is 11.7. The van der Waals surface area contributed by atoms with E-state index in [-0.39, 0.29) is 42.2 Å². The topological polar surface area (TPSA) is 165 Å². The van der Waals surface area contributed by atoms with Crippen molar-refractivity contribution in [3.63, 3.8) is 0 Å². The highest BCUT2D eigenvalue weighted by Crippen LogP contribution is 2.25. The summed E-state index contributed by atoms with van der Waals surface area (Å²) in [6.07, 6.45) is 0. The number of aromatic carboxylic acids is 1. The molecule has 0 bridgehead atoms. The number of aliphatic hydroxyl groups is 2. The first-order chi connectivity index (χ1) is 23.7. The molecular formula is C40H47N3O7. The Bertz CT molecular complexity index is 1780. The lowest BCUT2D eigenvalue weighted by molar-refractivity contribution is 0.0696. The summed E-state index contributed by atoms with van der Waals surface area (Å²) < 4.78 is 0. The molecule has 0 radical (unpaired) electrons. The quantitative estimate of drug-likeness (QED) is 0.113. The van der Waals surface area contributed by atoms with Crippen molar-refractivity contribution in [1.29, 1.82) is 0 Å². The van der Waals surface area contributed by atoms with Crippen molar-refractivity contribution in [2.24, 2.45) is 5.92 Å². The summed E-state index contributed by atoms with van der Waals surface area (Å²) in [5.41, 5.74) is 6.59. The summed E-state index contributed by atoms with van der Waals surface area (Å²) in [7, 11) is 0. The van der Waals surface area contributed by atoms with Crippen LogP contribution in [0.4, 0.5) is 0 Å². The lowest BCUT2D eigenvalue weighted by atomic mass is 9.98. The molecule has 0 aliphatic heterocycles. The summed E-state index contributed by atoms with van der Waals surface area (Å²) in [5, 5.41) is 35.7. The van der Waals surface area contributed by atoms with Gasteiger partial charge in [-0.3, -0.25) is 14.4 Å². The molecule has 0 aliphatic rings. The van der Waals surface area contributed by atoms with Gasteiger partial charge in [0.1, 0.15) is 0 Å². The zero-order valence-electron chi connectivity index (χ0n) is 29.4. The Hall–Kier alpha value is -5.32. The molecule has 50 heavy (non-hydrogen) atoms. The zero-order valence-corrected chi connectivity index (χ0v) is 29.4. The van der Waals surface area contributed by atoms with Crippen LogP contribution in [0.2, 0.25) is 0 Å². The van der Waals surface area contributed by atoms with Gasteiger partial charge in [0.2, 0.25) is 0 Å². The molecule has 10 nitrogen and oxygen atoms in total. The maximum atomic E-state index is 12.6. The molecule has 0 saturated heterocycles. The van der Waals surface area contributed by atoms with Gasteiger partial charge in [-0.15, -0.1) is 0 Å². The van der Waals surface area contributed by atoms with Crippen molar-refractivity contribution >= 4 is 23.7 Å². The van der Waals surface area contributed by atoms with Gasteiger partial charge in [-0.25, -0.2) is 4.79 Å². The van der Waals surface area contributed by atoms with Gasteiger partial charge in [0.25, 0.3) is 17.7 Å². The lowest BCUT2D eigenvalue weighted by Crippen LogP contribution is -2.35. The number of carbonyl (C=O) groups is 4. The van der Waals surface area contributed by atoms with Crippen molar-refractivity contribution in [1.82, 2.24) is 16.0 Å². The number of aryl methyl sites for hydroxylation is 2. The van der Waals surface area contributed by atoms with Crippen LogP contribution in [-0.4, -0.2) is 70.9 Å². The molecule has 4 aromatic rings. The van der Waals surface area contributed by atoms with Crippen LogP contribution in [0.3, 0.4) is 0 Å². The van der Waals surface area contributed by atoms with E-state index < -0.39 is 17.9 Å². The molecule has 0 fully saturated rings. The zero-order chi connectivity index (χ0) is 37.0.